The number of phenolic OH excluding ortho intramolecular Hbond substituents is 2. The van der Waals surface area contributed by atoms with Crippen LogP contribution in [0.1, 0.15) is 0 Å². The number of aromatic nitrogens is 1. The highest BCUT2D eigenvalue weighted by Gasteiger charge is 2.25. The Kier molecular flexibility index (Phi) is 4.09. The molecule has 9 heteroatoms. The fraction of sp³-hybridized carbons (Fsp3) is 0.211. The molecule has 4 rings (SSSR count). The molecule has 3 aromatic rings. The predicted octanol–water partition coefficient (Wildman–Crippen LogP) is 2.08. The van der Waals surface area contributed by atoms with Crippen LogP contribution in [0.4, 0.5) is 0 Å². The Morgan fingerprint density at radius 3 is 2.46 bits per heavy atom. The largest absolute Gasteiger partial charge is 0.508 e. The maximum absolute atomic E-state index is 12.9. The van der Waals surface area contributed by atoms with E-state index >= 15 is 0 Å². The van der Waals surface area contributed by atoms with Crippen molar-refractivity contribution in [2.75, 3.05) is 19.8 Å². The third-order valence-electron chi connectivity index (χ3n) is 4.79. The second-order valence-corrected chi connectivity index (χ2v) is 9.06. The highest BCUT2D eigenvalue weighted by molar-refractivity contribution is 7.89. The van der Waals surface area contributed by atoms with Crippen molar-refractivity contribution < 1.29 is 23.4 Å². The number of benzene rings is 2. The maximum atomic E-state index is 12.9. The summed E-state index contributed by atoms with van der Waals surface area (Å²) in [6.07, 6.45) is 1.54. The number of pyridine rings is 1. The van der Waals surface area contributed by atoms with Gasteiger partial charge in [0.25, 0.3) is 5.56 Å². The molecule has 0 fully saturated rings. The van der Waals surface area contributed by atoms with Gasteiger partial charge < -0.3 is 19.5 Å². The summed E-state index contributed by atoms with van der Waals surface area (Å²) in [7, 11) is -0.657. The van der Waals surface area contributed by atoms with Gasteiger partial charge in [0, 0.05) is 43.4 Å². The topological polar surface area (TPSA) is 109 Å². The molecule has 0 atom stereocenters. The lowest BCUT2D eigenvalue weighted by atomic mass is 9.96. The number of hydrogen-bond acceptors (Lipinski definition) is 6. The van der Waals surface area contributed by atoms with Crippen molar-refractivity contribution in [3.8, 4) is 34.1 Å². The number of aryl methyl sites for hydroxylation is 1. The van der Waals surface area contributed by atoms with Gasteiger partial charge in [-0.05, 0) is 30.3 Å². The Morgan fingerprint density at radius 1 is 1.04 bits per heavy atom. The van der Waals surface area contributed by atoms with E-state index in [1.165, 1.54) is 36.9 Å². The summed E-state index contributed by atoms with van der Waals surface area (Å²) < 4.78 is 32.4. The molecule has 2 N–H and O–H groups in total. The Labute approximate surface area is 160 Å². The molecule has 1 aromatic heterocycles. The number of hydrogen-bond donors (Lipinski definition) is 2. The molecule has 1 aliphatic heterocycles. The average Bonchev–Trinajstić information content (AvgIpc) is 2.64. The highest BCUT2D eigenvalue weighted by atomic mass is 32.2. The van der Waals surface area contributed by atoms with Crippen LogP contribution in [0.25, 0.3) is 21.9 Å². The summed E-state index contributed by atoms with van der Waals surface area (Å²) in [5.74, 6) is 0.429. The van der Waals surface area contributed by atoms with Gasteiger partial charge in [0.05, 0.1) is 11.1 Å². The van der Waals surface area contributed by atoms with Crippen LogP contribution in [-0.2, 0) is 16.6 Å². The summed E-state index contributed by atoms with van der Waals surface area (Å²) in [5, 5.41) is 20.7. The van der Waals surface area contributed by atoms with E-state index in [2.05, 4.69) is 0 Å². The fourth-order valence-electron chi connectivity index (χ4n) is 3.27. The van der Waals surface area contributed by atoms with Gasteiger partial charge in [-0.3, -0.25) is 4.79 Å². The molecule has 146 valence electrons. The lowest BCUT2D eigenvalue weighted by Crippen LogP contribution is -2.30. The normalized spacial score (nSPS) is 12.8. The molecule has 0 saturated carbocycles. The quantitative estimate of drug-likeness (QED) is 0.541. The van der Waals surface area contributed by atoms with Crippen LogP contribution in [0.3, 0.4) is 0 Å². The van der Waals surface area contributed by atoms with Gasteiger partial charge in [-0.1, -0.05) is 0 Å². The van der Waals surface area contributed by atoms with E-state index < -0.39 is 15.6 Å². The van der Waals surface area contributed by atoms with E-state index in [0.717, 1.165) is 4.31 Å². The summed E-state index contributed by atoms with van der Waals surface area (Å²) in [4.78, 5) is 12.9. The number of fused-ring (bicyclic) bond motifs is 2. The SMILES string of the molecule is CN(C)S(=O)(=O)CCn1cc2c3c(ccc(O)c3c1=O)Oc1ccc(O)cc1-2. The summed E-state index contributed by atoms with van der Waals surface area (Å²) in [6.45, 7) is -0.0824. The number of nitrogens with zero attached hydrogens (tertiary/aromatic N) is 2. The second kappa shape index (κ2) is 6.25. The molecule has 0 bridgehead atoms. The van der Waals surface area contributed by atoms with Crippen molar-refractivity contribution in [3.05, 3.63) is 46.9 Å². The monoisotopic (exact) mass is 402 g/mol. The Bertz CT molecular complexity index is 1280. The zero-order valence-corrected chi connectivity index (χ0v) is 16.0. The second-order valence-electron chi connectivity index (χ2n) is 6.76. The Morgan fingerprint density at radius 2 is 1.75 bits per heavy atom. The summed E-state index contributed by atoms with van der Waals surface area (Å²) in [6, 6.07) is 7.54. The lowest BCUT2D eigenvalue weighted by Gasteiger charge is -2.23. The minimum atomic E-state index is -3.51. The Hall–Kier alpha value is -3.04. The average molecular weight is 402 g/mol. The van der Waals surface area contributed by atoms with Crippen LogP contribution in [0, 0.1) is 0 Å². The van der Waals surface area contributed by atoms with Crippen molar-refractivity contribution in [1.29, 1.82) is 0 Å². The van der Waals surface area contributed by atoms with Crippen LogP contribution in [0.15, 0.2) is 41.3 Å². The van der Waals surface area contributed by atoms with Crippen molar-refractivity contribution in [1.82, 2.24) is 8.87 Å². The van der Waals surface area contributed by atoms with E-state index in [1.54, 1.807) is 18.3 Å². The first-order valence-corrected chi connectivity index (χ1v) is 10.1. The number of aromatic hydroxyl groups is 2. The van der Waals surface area contributed by atoms with Gasteiger partial charge >= 0.3 is 0 Å². The Balaban J connectivity index is 1.97. The zero-order chi connectivity index (χ0) is 20.2. The van der Waals surface area contributed by atoms with Crippen molar-refractivity contribution >= 4 is 20.8 Å². The molecule has 2 heterocycles. The third-order valence-corrected chi connectivity index (χ3v) is 6.60. The molecule has 0 radical (unpaired) electrons. The van der Waals surface area contributed by atoms with Gasteiger partial charge in [0.15, 0.2) is 0 Å². The molecule has 0 unspecified atom stereocenters. The van der Waals surface area contributed by atoms with Crippen molar-refractivity contribution in [2.24, 2.45) is 0 Å². The van der Waals surface area contributed by atoms with Gasteiger partial charge in [-0.2, -0.15) is 0 Å². The van der Waals surface area contributed by atoms with E-state index in [1.807, 2.05) is 0 Å². The molecular formula is C19H18N2O6S. The molecule has 28 heavy (non-hydrogen) atoms. The number of rotatable bonds is 4. The van der Waals surface area contributed by atoms with Crippen LogP contribution in [0.5, 0.6) is 23.0 Å². The zero-order valence-electron chi connectivity index (χ0n) is 15.2. The van der Waals surface area contributed by atoms with E-state index in [9.17, 15) is 23.4 Å². The smallest absolute Gasteiger partial charge is 0.262 e. The van der Waals surface area contributed by atoms with E-state index in [-0.39, 0.29) is 29.2 Å². The first-order valence-electron chi connectivity index (χ1n) is 8.49. The summed E-state index contributed by atoms with van der Waals surface area (Å²) in [5.41, 5.74) is 0.603. The number of ether oxygens (including phenoxy) is 1. The first-order chi connectivity index (χ1) is 13.2. The standard InChI is InChI=1S/C19H18N2O6S/c1-20(2)28(25,26)8-7-21-10-13-12-9-11(22)3-5-15(12)27-16-6-4-14(23)18(17(13)16)19(21)24/h3-6,9-10,22-23H,7-8H2,1-2H3. The van der Waals surface area contributed by atoms with Crippen LogP contribution in [0.2, 0.25) is 0 Å². The van der Waals surface area contributed by atoms with Gasteiger partial charge in [-0.15, -0.1) is 0 Å². The van der Waals surface area contributed by atoms with Crippen molar-refractivity contribution in [2.45, 2.75) is 6.54 Å². The fourth-order valence-corrected chi connectivity index (χ4v) is 4.06. The van der Waals surface area contributed by atoms with Crippen LogP contribution >= 0.6 is 0 Å². The van der Waals surface area contributed by atoms with Gasteiger partial charge in [0.2, 0.25) is 10.0 Å². The molecule has 0 amide bonds. The van der Waals surface area contributed by atoms with Crippen LogP contribution in [-0.4, -0.2) is 47.4 Å². The summed E-state index contributed by atoms with van der Waals surface area (Å²) >= 11 is 0. The minimum Gasteiger partial charge on any atom is -0.508 e. The minimum absolute atomic E-state index is 0.0204. The molecule has 0 saturated heterocycles. The first kappa shape index (κ1) is 18.3. The molecule has 1 aliphatic rings. The van der Waals surface area contributed by atoms with Crippen LogP contribution < -0.4 is 10.3 Å². The third kappa shape index (κ3) is 2.79. The number of sulfonamides is 1. The molecule has 0 spiro atoms. The molecular weight excluding hydrogens is 384 g/mol. The lowest BCUT2D eigenvalue weighted by molar-refractivity contribution is 0.463. The predicted molar refractivity (Wildman–Crippen MR) is 105 cm³/mol. The van der Waals surface area contributed by atoms with E-state index in [0.29, 0.717) is 28.0 Å². The molecule has 0 aliphatic carbocycles. The van der Waals surface area contributed by atoms with E-state index in [4.69, 9.17) is 4.74 Å². The number of phenols is 2. The molecule has 8 nitrogen and oxygen atoms in total. The van der Waals surface area contributed by atoms with Gasteiger partial charge in [0.1, 0.15) is 23.0 Å². The molecule has 2 aromatic carbocycles. The van der Waals surface area contributed by atoms with Crippen molar-refractivity contribution in [3.63, 3.8) is 0 Å². The maximum Gasteiger partial charge on any atom is 0.262 e. The van der Waals surface area contributed by atoms with Gasteiger partial charge in [-0.25, -0.2) is 12.7 Å². The highest BCUT2D eigenvalue weighted by Crippen LogP contribution is 2.48.